The predicted molar refractivity (Wildman–Crippen MR) is 261 cm³/mol. The molecule has 17 heteroatoms. The molecule has 3 aliphatic rings. The highest BCUT2D eigenvalue weighted by Crippen LogP contribution is 2.55. The molecule has 2 saturated heterocycles. The zero-order valence-corrected chi connectivity index (χ0v) is 41.2. The number of aryl methyl sites for hydroxylation is 2. The molecule has 15 nitrogen and oxygen atoms in total. The van der Waals surface area contributed by atoms with Gasteiger partial charge in [0.1, 0.15) is 30.0 Å². The van der Waals surface area contributed by atoms with E-state index >= 15 is 0 Å². The molecule has 4 aromatic rings. The molecule has 4 atom stereocenters. The average molecular weight is 968 g/mol. The summed E-state index contributed by atoms with van der Waals surface area (Å²) >= 11 is 7.79. The molecule has 4 amide bonds. The largest absolute Gasteiger partial charge is 0.489 e. The van der Waals surface area contributed by atoms with Gasteiger partial charge in [-0.2, -0.15) is 5.26 Å². The SMILES string of the molecule is Cc1ncsc1-c1ccc([C@H](CO)NC(=O)[C@@H]2C[C@@H](O)CN2C(=O)[C@H](C)NC(=O)CN2CCN(CCCc3ccc(C(=O)NC4C(C)(C)C(Oc5ccc(C#N)c(Cl)c5)C4(C)C)cc3)CC2)cc1. The Labute approximate surface area is 407 Å². The lowest BCUT2D eigenvalue weighted by Crippen LogP contribution is -2.74. The standard InChI is InChI=1S/C51H63ClN8O7S/c1-31-44(68-30-54-31)35-15-13-34(14-16-35)41(29-61)56-46(65)42-24-38(62)27-60(42)47(66)32(2)55-43(63)28-59-22-20-58(21-23-59)19-7-8-33-9-11-36(12-10-33)45(64)57-48-50(3,4)49(51(48,5)6)67-39-18-17-37(26-53)40(52)25-39/h9-18,25,30,32,38,41-42,48-49,61-62H,7-8,19-24,27-29H2,1-6H3,(H,55,63)(H,56,65)(H,57,64)/t32-,38+,41-,42-,48?,49?/m0/s1. The number of rotatable bonds is 17. The minimum absolute atomic E-state index is 0.0375. The number of nitrogens with one attached hydrogen (secondary N) is 3. The van der Waals surface area contributed by atoms with Crippen molar-refractivity contribution in [3.8, 4) is 22.3 Å². The Kier molecular flexibility index (Phi) is 15.9. The van der Waals surface area contributed by atoms with Gasteiger partial charge < -0.3 is 40.7 Å². The van der Waals surface area contributed by atoms with Crippen LogP contribution in [0.1, 0.15) is 86.2 Å². The summed E-state index contributed by atoms with van der Waals surface area (Å²) in [6.07, 6.45) is 0.749. The van der Waals surface area contributed by atoms with Crippen LogP contribution in [0.25, 0.3) is 10.4 Å². The summed E-state index contributed by atoms with van der Waals surface area (Å²) in [6.45, 7) is 15.5. The van der Waals surface area contributed by atoms with Crippen molar-refractivity contribution in [3.63, 3.8) is 0 Å². The van der Waals surface area contributed by atoms with Crippen LogP contribution in [0.3, 0.4) is 0 Å². The van der Waals surface area contributed by atoms with E-state index in [1.165, 1.54) is 16.2 Å². The molecule has 7 rings (SSSR count). The van der Waals surface area contributed by atoms with Gasteiger partial charge in [0.05, 0.1) is 52.0 Å². The van der Waals surface area contributed by atoms with Crippen LogP contribution in [-0.4, -0.2) is 136 Å². The number of hydrogen-bond acceptors (Lipinski definition) is 12. The van der Waals surface area contributed by atoms with E-state index in [1.807, 2.05) is 55.5 Å². The Hall–Kier alpha value is -5.41. The normalized spacial score (nSPS) is 22.0. The number of β-amino-alcohol motifs (C(OH)–C–C–N with tert-alkyl or cyclic N) is 1. The summed E-state index contributed by atoms with van der Waals surface area (Å²) in [5, 5.41) is 39.2. The van der Waals surface area contributed by atoms with E-state index in [0.29, 0.717) is 40.6 Å². The van der Waals surface area contributed by atoms with Crippen LogP contribution in [0.15, 0.2) is 72.2 Å². The van der Waals surface area contributed by atoms with Crippen LogP contribution in [0.2, 0.25) is 5.02 Å². The third kappa shape index (κ3) is 11.4. The monoisotopic (exact) mass is 966 g/mol. The summed E-state index contributed by atoms with van der Waals surface area (Å²) in [6, 6.07) is 19.7. The fraction of sp³-hybridized carbons (Fsp3) is 0.490. The molecule has 0 spiro atoms. The van der Waals surface area contributed by atoms with E-state index in [-0.39, 0.29) is 60.9 Å². The first-order valence-electron chi connectivity index (χ1n) is 23.3. The maximum absolute atomic E-state index is 13.6. The molecule has 0 radical (unpaired) electrons. The number of aliphatic hydroxyl groups excluding tert-OH is 2. The van der Waals surface area contributed by atoms with Crippen molar-refractivity contribution in [2.75, 3.05) is 52.4 Å². The van der Waals surface area contributed by atoms with Gasteiger partial charge in [0, 0.05) is 67.6 Å². The summed E-state index contributed by atoms with van der Waals surface area (Å²) in [5.74, 6) is -0.790. The van der Waals surface area contributed by atoms with Gasteiger partial charge in [0.15, 0.2) is 0 Å². The van der Waals surface area contributed by atoms with E-state index in [0.717, 1.165) is 54.2 Å². The number of ether oxygens (including phenoxy) is 1. The number of aliphatic hydroxyl groups is 2. The molecule has 3 fully saturated rings. The van der Waals surface area contributed by atoms with Gasteiger partial charge in [0.25, 0.3) is 5.91 Å². The van der Waals surface area contributed by atoms with Crippen LogP contribution < -0.4 is 20.7 Å². The summed E-state index contributed by atoms with van der Waals surface area (Å²) in [7, 11) is 0. The highest BCUT2D eigenvalue weighted by molar-refractivity contribution is 7.13. The van der Waals surface area contributed by atoms with Crippen LogP contribution in [0.4, 0.5) is 0 Å². The molecular weight excluding hydrogens is 904 g/mol. The maximum atomic E-state index is 13.6. The second-order valence-corrected chi connectivity index (χ2v) is 20.8. The van der Waals surface area contributed by atoms with Gasteiger partial charge in [-0.05, 0) is 74.2 Å². The van der Waals surface area contributed by atoms with Gasteiger partial charge in [0.2, 0.25) is 17.7 Å². The zero-order valence-electron chi connectivity index (χ0n) is 39.6. The number of benzene rings is 3. The molecule has 5 N–H and O–H groups in total. The quantitative estimate of drug-likeness (QED) is 0.0941. The van der Waals surface area contributed by atoms with Crippen LogP contribution >= 0.6 is 22.9 Å². The third-order valence-corrected chi connectivity index (χ3v) is 15.1. The highest BCUT2D eigenvalue weighted by Gasteiger charge is 2.64. The molecule has 3 heterocycles. The topological polar surface area (TPSA) is 200 Å². The Morgan fingerprint density at radius 3 is 2.26 bits per heavy atom. The molecule has 0 bridgehead atoms. The van der Waals surface area contributed by atoms with Crippen LogP contribution in [-0.2, 0) is 20.8 Å². The van der Waals surface area contributed by atoms with Crippen LogP contribution in [0, 0.1) is 29.1 Å². The first kappa shape index (κ1) is 50.5. The Morgan fingerprint density at radius 2 is 1.65 bits per heavy atom. The molecule has 1 aromatic heterocycles. The van der Waals surface area contributed by atoms with E-state index in [4.69, 9.17) is 16.3 Å². The minimum Gasteiger partial charge on any atom is -0.489 e. The van der Waals surface area contributed by atoms with Crippen molar-refractivity contribution in [1.29, 1.82) is 5.26 Å². The highest BCUT2D eigenvalue weighted by atomic mass is 35.5. The predicted octanol–water partition coefficient (Wildman–Crippen LogP) is 5.12. The smallest absolute Gasteiger partial charge is 0.251 e. The molecule has 1 aliphatic carbocycles. The van der Waals surface area contributed by atoms with Crippen molar-refractivity contribution >= 4 is 46.6 Å². The second-order valence-electron chi connectivity index (χ2n) is 19.5. The van der Waals surface area contributed by atoms with Gasteiger partial charge in [-0.25, -0.2) is 4.98 Å². The minimum atomic E-state index is -0.957. The zero-order chi connectivity index (χ0) is 48.9. The summed E-state index contributed by atoms with van der Waals surface area (Å²) in [4.78, 5) is 64.8. The lowest BCUT2D eigenvalue weighted by Gasteiger charge is -2.63. The van der Waals surface area contributed by atoms with Crippen LogP contribution in [0.5, 0.6) is 5.75 Å². The molecule has 3 aromatic carbocycles. The van der Waals surface area contributed by atoms with E-state index in [1.54, 1.807) is 30.6 Å². The first-order valence-corrected chi connectivity index (χ1v) is 24.6. The van der Waals surface area contributed by atoms with Crippen molar-refractivity contribution in [1.82, 2.24) is 35.6 Å². The number of nitriles is 1. The van der Waals surface area contributed by atoms with Crippen molar-refractivity contribution in [2.24, 2.45) is 10.8 Å². The molecule has 0 unspecified atom stereocenters. The number of carbonyl (C=O) groups excluding carboxylic acids is 4. The lowest BCUT2D eigenvalue weighted by molar-refractivity contribution is -0.164. The number of likely N-dealkylation sites (tertiary alicyclic amines) is 1. The molecule has 68 heavy (non-hydrogen) atoms. The number of aromatic nitrogens is 1. The second kappa shape index (κ2) is 21.5. The number of halogens is 1. The fourth-order valence-electron chi connectivity index (χ4n) is 10.4. The molecule has 1 saturated carbocycles. The third-order valence-electron chi connectivity index (χ3n) is 13.9. The van der Waals surface area contributed by atoms with E-state index in [2.05, 4.69) is 64.5 Å². The lowest BCUT2D eigenvalue weighted by atomic mass is 9.49. The van der Waals surface area contributed by atoms with Crippen molar-refractivity contribution in [3.05, 3.63) is 105 Å². The molecule has 362 valence electrons. The fourth-order valence-corrected chi connectivity index (χ4v) is 11.4. The number of hydrogen-bond donors (Lipinski definition) is 5. The van der Waals surface area contributed by atoms with Gasteiger partial charge in [-0.3, -0.25) is 24.1 Å². The molecule has 2 aliphatic heterocycles. The summed E-state index contributed by atoms with van der Waals surface area (Å²) in [5.41, 5.74) is 5.79. The number of piperazine rings is 1. The number of thiazole rings is 1. The van der Waals surface area contributed by atoms with Gasteiger partial charge in [-0.15, -0.1) is 11.3 Å². The van der Waals surface area contributed by atoms with E-state index in [9.17, 15) is 34.7 Å². The summed E-state index contributed by atoms with van der Waals surface area (Å²) < 4.78 is 6.37. The average Bonchev–Trinajstić information content (AvgIpc) is 3.94. The van der Waals surface area contributed by atoms with E-state index < -0.39 is 36.0 Å². The van der Waals surface area contributed by atoms with Gasteiger partial charge >= 0.3 is 0 Å². The number of nitrogens with zero attached hydrogens (tertiary/aromatic N) is 5. The Bertz CT molecular complexity index is 2470. The van der Waals surface area contributed by atoms with Crippen molar-refractivity contribution in [2.45, 2.75) is 97.2 Å². The first-order chi connectivity index (χ1) is 32.4. The maximum Gasteiger partial charge on any atom is 0.251 e. The molecular formula is C51H63ClN8O7S. The number of amides is 4. The number of carbonyl (C=O) groups is 4. The van der Waals surface area contributed by atoms with Gasteiger partial charge in [-0.1, -0.05) is 75.7 Å². The Morgan fingerprint density at radius 1 is 0.971 bits per heavy atom. The van der Waals surface area contributed by atoms with Crippen molar-refractivity contribution < 1.29 is 34.1 Å². The Balaban J connectivity index is 0.804.